The number of esters is 1. The molecule has 2 heterocycles. The molecule has 2 unspecified atom stereocenters. The molecule has 1 amide bonds. The van der Waals surface area contributed by atoms with Gasteiger partial charge in [-0.25, -0.2) is 9.79 Å². The summed E-state index contributed by atoms with van der Waals surface area (Å²) in [5.41, 5.74) is 2.02. The first-order valence-electron chi connectivity index (χ1n) is 8.22. The lowest BCUT2D eigenvalue weighted by molar-refractivity contribution is -0.139. The van der Waals surface area contributed by atoms with Crippen molar-refractivity contribution in [1.82, 2.24) is 4.90 Å². The lowest BCUT2D eigenvalue weighted by atomic mass is 10.00. The Morgan fingerprint density at radius 2 is 2.08 bits per heavy atom. The van der Waals surface area contributed by atoms with E-state index in [1.807, 2.05) is 49.4 Å². The van der Waals surface area contributed by atoms with Crippen LogP contribution in [0.15, 0.2) is 52.7 Å². The zero-order valence-corrected chi connectivity index (χ0v) is 15.2. The zero-order chi connectivity index (χ0) is 18.0. The summed E-state index contributed by atoms with van der Waals surface area (Å²) in [6, 6.07) is 9.27. The maximum atomic E-state index is 12.6. The van der Waals surface area contributed by atoms with Gasteiger partial charge in [0.2, 0.25) is 5.91 Å². The first kappa shape index (κ1) is 17.5. The van der Waals surface area contributed by atoms with Crippen molar-refractivity contribution in [1.29, 1.82) is 0 Å². The number of hydrogen-bond donors (Lipinski definition) is 0. The first-order valence-corrected chi connectivity index (χ1v) is 9.10. The quantitative estimate of drug-likeness (QED) is 0.777. The number of benzene rings is 1. The number of thioether (sulfide) groups is 1. The SMILES string of the molecule is CCOC(=O)C1=C(C)N=C2SC(C)C(=O)N2C1C=Cc1ccccc1. The average Bonchev–Trinajstić information content (AvgIpc) is 2.87. The number of rotatable bonds is 4. The molecule has 0 radical (unpaired) electrons. The van der Waals surface area contributed by atoms with Crippen molar-refractivity contribution < 1.29 is 14.3 Å². The molecule has 25 heavy (non-hydrogen) atoms. The molecule has 0 bridgehead atoms. The van der Waals surface area contributed by atoms with E-state index in [0.29, 0.717) is 16.4 Å². The third-order valence-electron chi connectivity index (χ3n) is 4.07. The highest BCUT2D eigenvalue weighted by Crippen LogP contribution is 2.36. The van der Waals surface area contributed by atoms with E-state index in [9.17, 15) is 9.59 Å². The number of amides is 1. The number of amidine groups is 1. The third-order valence-corrected chi connectivity index (χ3v) is 5.12. The summed E-state index contributed by atoms with van der Waals surface area (Å²) in [6.45, 7) is 5.68. The number of carbonyl (C=O) groups excluding carboxylic acids is 2. The van der Waals surface area contributed by atoms with E-state index in [2.05, 4.69) is 4.99 Å². The van der Waals surface area contributed by atoms with E-state index in [4.69, 9.17) is 4.74 Å². The van der Waals surface area contributed by atoms with Gasteiger partial charge in [0.15, 0.2) is 5.17 Å². The Labute approximate surface area is 151 Å². The summed E-state index contributed by atoms with van der Waals surface area (Å²) >= 11 is 1.42. The molecule has 0 spiro atoms. The molecule has 1 fully saturated rings. The van der Waals surface area contributed by atoms with Crippen LogP contribution >= 0.6 is 11.8 Å². The Hall–Kier alpha value is -2.34. The highest BCUT2D eigenvalue weighted by molar-refractivity contribution is 8.15. The van der Waals surface area contributed by atoms with Crippen molar-refractivity contribution in [2.75, 3.05) is 6.61 Å². The van der Waals surface area contributed by atoms with Crippen molar-refractivity contribution in [2.24, 2.45) is 4.99 Å². The van der Waals surface area contributed by atoms with Gasteiger partial charge in [0, 0.05) is 0 Å². The van der Waals surface area contributed by atoms with Crippen LogP contribution in [0.4, 0.5) is 0 Å². The zero-order valence-electron chi connectivity index (χ0n) is 14.4. The minimum Gasteiger partial charge on any atom is -0.463 e. The number of ether oxygens (including phenoxy) is 1. The molecule has 5 nitrogen and oxygen atoms in total. The van der Waals surface area contributed by atoms with Crippen molar-refractivity contribution in [3.05, 3.63) is 53.2 Å². The van der Waals surface area contributed by atoms with Gasteiger partial charge in [-0.2, -0.15) is 0 Å². The predicted octanol–water partition coefficient (Wildman–Crippen LogP) is 3.24. The summed E-state index contributed by atoms with van der Waals surface area (Å²) in [6.07, 6.45) is 3.79. The van der Waals surface area contributed by atoms with Crippen molar-refractivity contribution >= 4 is 34.9 Å². The molecule has 6 heteroatoms. The summed E-state index contributed by atoms with van der Waals surface area (Å²) < 4.78 is 5.20. The Balaban J connectivity index is 2.02. The molecule has 0 saturated carbocycles. The first-order chi connectivity index (χ1) is 12.0. The summed E-state index contributed by atoms with van der Waals surface area (Å²) in [5, 5.41) is 0.437. The van der Waals surface area contributed by atoms with Gasteiger partial charge < -0.3 is 4.74 Å². The van der Waals surface area contributed by atoms with Crippen LogP contribution in [0.3, 0.4) is 0 Å². The normalized spacial score (nSPS) is 23.1. The fourth-order valence-electron chi connectivity index (χ4n) is 2.86. The Kier molecular flexibility index (Phi) is 5.08. The van der Waals surface area contributed by atoms with E-state index in [0.717, 1.165) is 5.56 Å². The van der Waals surface area contributed by atoms with Crippen LogP contribution in [0.5, 0.6) is 0 Å². The van der Waals surface area contributed by atoms with Gasteiger partial charge >= 0.3 is 5.97 Å². The molecular formula is C19H20N2O3S. The van der Waals surface area contributed by atoms with Crippen LogP contribution in [0.1, 0.15) is 26.3 Å². The maximum absolute atomic E-state index is 12.6. The van der Waals surface area contributed by atoms with Gasteiger partial charge in [-0.1, -0.05) is 54.2 Å². The van der Waals surface area contributed by atoms with E-state index < -0.39 is 12.0 Å². The molecule has 2 aliphatic heterocycles. The number of nitrogens with zero attached hydrogens (tertiary/aromatic N) is 2. The van der Waals surface area contributed by atoms with Gasteiger partial charge in [-0.05, 0) is 26.3 Å². The van der Waals surface area contributed by atoms with E-state index in [-0.39, 0.29) is 17.8 Å². The largest absolute Gasteiger partial charge is 0.463 e. The van der Waals surface area contributed by atoms with Gasteiger partial charge in [-0.3, -0.25) is 9.69 Å². The second-order valence-electron chi connectivity index (χ2n) is 5.80. The fraction of sp³-hybridized carbons (Fsp3) is 0.316. The van der Waals surface area contributed by atoms with E-state index in [1.165, 1.54) is 11.8 Å². The predicted molar refractivity (Wildman–Crippen MR) is 99.9 cm³/mol. The van der Waals surface area contributed by atoms with Gasteiger partial charge in [0.05, 0.1) is 29.2 Å². The van der Waals surface area contributed by atoms with Gasteiger partial charge in [0.1, 0.15) is 0 Å². The molecule has 0 aromatic heterocycles. The summed E-state index contributed by atoms with van der Waals surface area (Å²) in [5.74, 6) is -0.469. The molecule has 1 saturated heterocycles. The molecule has 0 N–H and O–H groups in total. The third kappa shape index (κ3) is 3.39. The van der Waals surface area contributed by atoms with Crippen molar-refractivity contribution in [2.45, 2.75) is 32.1 Å². The number of aliphatic imine (C=N–C) groups is 1. The van der Waals surface area contributed by atoms with Crippen molar-refractivity contribution in [3.63, 3.8) is 0 Å². The molecule has 3 rings (SSSR count). The molecule has 1 aromatic rings. The van der Waals surface area contributed by atoms with Gasteiger partial charge in [-0.15, -0.1) is 0 Å². The minimum atomic E-state index is -0.503. The smallest absolute Gasteiger partial charge is 0.338 e. The standard InChI is InChI=1S/C19H20N2O3S/c1-4-24-18(23)16-12(2)20-19-21(17(22)13(3)25-19)15(16)11-10-14-8-6-5-7-9-14/h5-11,13,15H,4H2,1-3H3. The second kappa shape index (κ2) is 7.27. The van der Waals surface area contributed by atoms with Crippen LogP contribution in [0.2, 0.25) is 0 Å². The minimum absolute atomic E-state index is 0.0410. The molecule has 2 atom stereocenters. The average molecular weight is 356 g/mol. The number of carbonyl (C=O) groups is 2. The van der Waals surface area contributed by atoms with Crippen LogP contribution in [-0.2, 0) is 14.3 Å². The summed E-state index contributed by atoms with van der Waals surface area (Å²) in [4.78, 5) is 31.2. The lowest BCUT2D eigenvalue weighted by Gasteiger charge is -2.30. The van der Waals surface area contributed by atoms with E-state index in [1.54, 1.807) is 18.7 Å². The second-order valence-corrected chi connectivity index (χ2v) is 7.10. The number of allylic oxidation sites excluding steroid dienone is 1. The molecule has 1 aromatic carbocycles. The molecular weight excluding hydrogens is 336 g/mol. The lowest BCUT2D eigenvalue weighted by Crippen LogP contribution is -2.45. The Bertz CT molecular complexity index is 783. The van der Waals surface area contributed by atoms with Gasteiger partial charge in [0.25, 0.3) is 0 Å². The maximum Gasteiger partial charge on any atom is 0.338 e. The number of hydrogen-bond acceptors (Lipinski definition) is 5. The van der Waals surface area contributed by atoms with Crippen molar-refractivity contribution in [3.8, 4) is 0 Å². The van der Waals surface area contributed by atoms with Crippen LogP contribution in [0.25, 0.3) is 6.08 Å². The van der Waals surface area contributed by atoms with E-state index >= 15 is 0 Å². The Morgan fingerprint density at radius 1 is 1.36 bits per heavy atom. The highest BCUT2D eigenvalue weighted by Gasteiger charge is 2.44. The monoisotopic (exact) mass is 356 g/mol. The van der Waals surface area contributed by atoms with Crippen LogP contribution < -0.4 is 0 Å². The fourth-order valence-corrected chi connectivity index (χ4v) is 3.90. The Morgan fingerprint density at radius 3 is 2.76 bits per heavy atom. The molecule has 2 aliphatic rings. The number of fused-ring (bicyclic) bond motifs is 1. The highest BCUT2D eigenvalue weighted by atomic mass is 32.2. The topological polar surface area (TPSA) is 59.0 Å². The van der Waals surface area contributed by atoms with Crippen LogP contribution in [0, 0.1) is 0 Å². The molecule has 0 aliphatic carbocycles. The van der Waals surface area contributed by atoms with Crippen LogP contribution in [-0.4, -0.2) is 39.8 Å². The summed E-state index contributed by atoms with van der Waals surface area (Å²) in [7, 11) is 0. The molecule has 130 valence electrons.